The Balaban J connectivity index is 2.04. The first-order valence-corrected chi connectivity index (χ1v) is 6.19. The molecule has 3 aromatic rings. The minimum atomic E-state index is 0.737. The normalized spacial score (nSPS) is 10.8. The molecule has 0 atom stereocenters. The standard InChI is InChI=1S/C15H16N4/c1-10-4-3-5-12(8-10)19(2)15-17-13-7-6-11(16)9-14(13)18-15/h3-9H,16H2,1-2H3,(H,17,18). The molecule has 0 aliphatic rings. The largest absolute Gasteiger partial charge is 0.399 e. The van der Waals surface area contributed by atoms with Gasteiger partial charge in [-0.2, -0.15) is 0 Å². The molecule has 4 heteroatoms. The SMILES string of the molecule is Cc1cccc(N(C)c2nc3ccc(N)cc3[nH]2)c1. The molecule has 0 bridgehead atoms. The maximum Gasteiger partial charge on any atom is 0.208 e. The highest BCUT2D eigenvalue weighted by molar-refractivity contribution is 5.81. The van der Waals surface area contributed by atoms with E-state index in [1.807, 2.05) is 36.2 Å². The van der Waals surface area contributed by atoms with E-state index in [4.69, 9.17) is 5.73 Å². The van der Waals surface area contributed by atoms with Crippen molar-refractivity contribution in [3.63, 3.8) is 0 Å². The molecule has 96 valence electrons. The van der Waals surface area contributed by atoms with E-state index < -0.39 is 0 Å². The van der Waals surface area contributed by atoms with Gasteiger partial charge in [-0.1, -0.05) is 12.1 Å². The van der Waals surface area contributed by atoms with Crippen LogP contribution in [-0.2, 0) is 0 Å². The second kappa shape index (κ2) is 4.31. The third-order valence-corrected chi connectivity index (χ3v) is 3.20. The Morgan fingerprint density at radius 2 is 2.00 bits per heavy atom. The third-order valence-electron chi connectivity index (χ3n) is 3.20. The molecule has 4 nitrogen and oxygen atoms in total. The predicted molar refractivity (Wildman–Crippen MR) is 79.7 cm³/mol. The van der Waals surface area contributed by atoms with E-state index >= 15 is 0 Å². The number of anilines is 3. The van der Waals surface area contributed by atoms with Gasteiger partial charge in [0.25, 0.3) is 0 Å². The summed E-state index contributed by atoms with van der Waals surface area (Å²) >= 11 is 0. The molecule has 3 rings (SSSR count). The highest BCUT2D eigenvalue weighted by Crippen LogP contribution is 2.25. The Morgan fingerprint density at radius 1 is 1.16 bits per heavy atom. The first-order chi connectivity index (χ1) is 9.13. The van der Waals surface area contributed by atoms with E-state index in [-0.39, 0.29) is 0 Å². The summed E-state index contributed by atoms with van der Waals surface area (Å²) in [5.41, 5.74) is 10.7. The third kappa shape index (κ3) is 2.12. The predicted octanol–water partition coefficient (Wildman–Crippen LogP) is 3.22. The number of H-pyrrole nitrogens is 1. The van der Waals surface area contributed by atoms with Crippen molar-refractivity contribution < 1.29 is 0 Å². The van der Waals surface area contributed by atoms with Gasteiger partial charge in [0.05, 0.1) is 11.0 Å². The molecule has 2 aromatic carbocycles. The number of aromatic nitrogens is 2. The molecule has 1 heterocycles. The molecule has 0 fully saturated rings. The van der Waals surface area contributed by atoms with E-state index in [2.05, 4.69) is 35.1 Å². The summed E-state index contributed by atoms with van der Waals surface area (Å²) in [6.45, 7) is 2.08. The molecule has 3 N–H and O–H groups in total. The fourth-order valence-corrected chi connectivity index (χ4v) is 2.13. The summed E-state index contributed by atoms with van der Waals surface area (Å²) in [6, 6.07) is 14.0. The van der Waals surface area contributed by atoms with Crippen molar-refractivity contribution in [3.05, 3.63) is 48.0 Å². The number of nitrogen functional groups attached to an aromatic ring is 1. The minimum absolute atomic E-state index is 0.737. The van der Waals surface area contributed by atoms with Crippen LogP contribution in [0.1, 0.15) is 5.56 Å². The summed E-state index contributed by atoms with van der Waals surface area (Å²) in [5, 5.41) is 0. The number of hydrogen-bond acceptors (Lipinski definition) is 3. The molecule has 0 saturated carbocycles. The molecule has 0 radical (unpaired) electrons. The van der Waals surface area contributed by atoms with Crippen molar-refractivity contribution in [3.8, 4) is 0 Å². The monoisotopic (exact) mass is 252 g/mol. The zero-order valence-corrected chi connectivity index (χ0v) is 11.0. The number of aromatic amines is 1. The number of fused-ring (bicyclic) bond motifs is 1. The van der Waals surface area contributed by atoms with Crippen molar-refractivity contribution in [1.82, 2.24) is 9.97 Å². The lowest BCUT2D eigenvalue weighted by molar-refractivity contribution is 1.10. The molecule has 0 saturated heterocycles. The molecule has 0 unspecified atom stereocenters. The van der Waals surface area contributed by atoms with Crippen LogP contribution in [0.5, 0.6) is 0 Å². The number of nitrogens with one attached hydrogen (secondary N) is 1. The van der Waals surface area contributed by atoms with Gasteiger partial charge in [0.15, 0.2) is 0 Å². The van der Waals surface area contributed by atoms with Crippen LogP contribution in [0, 0.1) is 6.92 Å². The van der Waals surface area contributed by atoms with Crippen LogP contribution in [0.15, 0.2) is 42.5 Å². The van der Waals surface area contributed by atoms with Crippen LogP contribution in [0.3, 0.4) is 0 Å². The number of nitrogens with two attached hydrogens (primary N) is 1. The molecule has 0 aliphatic heterocycles. The molecular formula is C15H16N4. The average molecular weight is 252 g/mol. The number of aryl methyl sites for hydroxylation is 1. The van der Waals surface area contributed by atoms with Gasteiger partial charge in [-0.05, 0) is 42.8 Å². The quantitative estimate of drug-likeness (QED) is 0.688. The first kappa shape index (κ1) is 11.6. The van der Waals surface area contributed by atoms with Gasteiger partial charge >= 0.3 is 0 Å². The lowest BCUT2D eigenvalue weighted by Crippen LogP contribution is -2.10. The summed E-state index contributed by atoms with van der Waals surface area (Å²) in [6.07, 6.45) is 0. The van der Waals surface area contributed by atoms with E-state index in [1.54, 1.807) is 0 Å². The smallest absolute Gasteiger partial charge is 0.208 e. The molecule has 19 heavy (non-hydrogen) atoms. The molecular weight excluding hydrogens is 236 g/mol. The van der Waals surface area contributed by atoms with Gasteiger partial charge < -0.3 is 15.6 Å². The van der Waals surface area contributed by atoms with Crippen molar-refractivity contribution in [2.75, 3.05) is 17.7 Å². The van der Waals surface area contributed by atoms with E-state index in [0.717, 1.165) is 28.4 Å². The zero-order chi connectivity index (χ0) is 13.4. The molecule has 1 aromatic heterocycles. The van der Waals surface area contributed by atoms with Crippen LogP contribution in [-0.4, -0.2) is 17.0 Å². The summed E-state index contributed by atoms with van der Waals surface area (Å²) < 4.78 is 0. The summed E-state index contributed by atoms with van der Waals surface area (Å²) in [7, 11) is 2.00. The average Bonchev–Trinajstić information content (AvgIpc) is 2.80. The van der Waals surface area contributed by atoms with Crippen LogP contribution in [0.4, 0.5) is 17.3 Å². The van der Waals surface area contributed by atoms with Gasteiger partial charge in [0, 0.05) is 18.4 Å². The Bertz CT molecular complexity index is 730. The fourth-order valence-electron chi connectivity index (χ4n) is 2.13. The van der Waals surface area contributed by atoms with E-state index in [1.165, 1.54) is 5.56 Å². The Hall–Kier alpha value is -2.49. The van der Waals surface area contributed by atoms with Crippen LogP contribution < -0.4 is 10.6 Å². The molecule has 0 amide bonds. The second-order valence-electron chi connectivity index (χ2n) is 4.74. The number of imidazole rings is 1. The Labute approximate surface area is 111 Å². The number of benzene rings is 2. The maximum atomic E-state index is 5.78. The van der Waals surface area contributed by atoms with Crippen molar-refractivity contribution in [2.24, 2.45) is 0 Å². The Morgan fingerprint density at radius 3 is 2.79 bits per heavy atom. The van der Waals surface area contributed by atoms with E-state index in [0.29, 0.717) is 0 Å². The van der Waals surface area contributed by atoms with Crippen LogP contribution in [0.2, 0.25) is 0 Å². The number of rotatable bonds is 2. The fraction of sp³-hybridized carbons (Fsp3) is 0.133. The summed E-state index contributed by atoms with van der Waals surface area (Å²) in [5.74, 6) is 0.811. The number of hydrogen-bond donors (Lipinski definition) is 2. The number of nitrogens with zero attached hydrogens (tertiary/aromatic N) is 2. The van der Waals surface area contributed by atoms with Gasteiger partial charge in [-0.25, -0.2) is 4.98 Å². The van der Waals surface area contributed by atoms with Gasteiger partial charge in [-0.3, -0.25) is 0 Å². The van der Waals surface area contributed by atoms with Gasteiger partial charge in [0.1, 0.15) is 0 Å². The first-order valence-electron chi connectivity index (χ1n) is 6.19. The second-order valence-corrected chi connectivity index (χ2v) is 4.74. The van der Waals surface area contributed by atoms with Crippen molar-refractivity contribution in [2.45, 2.75) is 6.92 Å². The molecule has 0 spiro atoms. The van der Waals surface area contributed by atoms with Crippen molar-refractivity contribution >= 4 is 28.4 Å². The maximum absolute atomic E-state index is 5.78. The molecule has 0 aliphatic carbocycles. The van der Waals surface area contributed by atoms with Crippen molar-refractivity contribution in [1.29, 1.82) is 0 Å². The van der Waals surface area contributed by atoms with Gasteiger partial charge in [-0.15, -0.1) is 0 Å². The lowest BCUT2D eigenvalue weighted by Gasteiger charge is -2.16. The highest BCUT2D eigenvalue weighted by atomic mass is 15.2. The minimum Gasteiger partial charge on any atom is -0.399 e. The topological polar surface area (TPSA) is 57.9 Å². The Kier molecular flexibility index (Phi) is 2.63. The van der Waals surface area contributed by atoms with Gasteiger partial charge in [0.2, 0.25) is 5.95 Å². The van der Waals surface area contributed by atoms with E-state index in [9.17, 15) is 0 Å². The van der Waals surface area contributed by atoms with Crippen LogP contribution in [0.25, 0.3) is 11.0 Å². The zero-order valence-electron chi connectivity index (χ0n) is 11.0. The summed E-state index contributed by atoms with van der Waals surface area (Å²) in [4.78, 5) is 9.89. The highest BCUT2D eigenvalue weighted by Gasteiger charge is 2.09. The van der Waals surface area contributed by atoms with Crippen LogP contribution >= 0.6 is 0 Å². The lowest BCUT2D eigenvalue weighted by atomic mass is 10.2.